The first-order chi connectivity index (χ1) is 10.0. The predicted molar refractivity (Wildman–Crippen MR) is 73.0 cm³/mol. The second kappa shape index (κ2) is 11.4. The van der Waals surface area contributed by atoms with Crippen molar-refractivity contribution in [2.24, 2.45) is 0 Å². The maximum absolute atomic E-state index is 10.2. The van der Waals surface area contributed by atoms with E-state index in [2.05, 4.69) is 13.5 Å². The molecule has 0 aromatic rings. The van der Waals surface area contributed by atoms with Crippen molar-refractivity contribution in [1.82, 2.24) is 0 Å². The Hall–Kier alpha value is -1.17. The van der Waals surface area contributed by atoms with Gasteiger partial charge in [0.2, 0.25) is 0 Å². The number of carbonyl (C=O) groups is 4. The Kier molecular flexibility index (Phi) is 13.1. The summed E-state index contributed by atoms with van der Waals surface area (Å²) < 4.78 is 21.7. The molecule has 0 atom stereocenters. The second-order valence-electron chi connectivity index (χ2n) is 4.42. The largest absolute Gasteiger partial charge is 1.00 e. The molecule has 13 nitrogen and oxygen atoms in total. The van der Waals surface area contributed by atoms with E-state index in [0.29, 0.717) is 0 Å². The van der Waals surface area contributed by atoms with E-state index >= 15 is 0 Å². The first-order valence-corrected chi connectivity index (χ1v) is 10.3. The van der Waals surface area contributed by atoms with Crippen LogP contribution < -0.4 is 18.9 Å². The third-order valence-corrected chi connectivity index (χ3v) is 4.30. The molecule has 0 saturated carbocycles. The minimum Gasteiger partial charge on any atom is -1.00 e. The molecule has 0 unspecified atom stereocenters. The third kappa shape index (κ3) is 18.9. The van der Waals surface area contributed by atoms with Gasteiger partial charge in [-0.05, 0) is 19.6 Å². The van der Waals surface area contributed by atoms with Gasteiger partial charge in [0.05, 0.1) is 0 Å². The molecule has 0 spiro atoms. The molecule has 24 heavy (non-hydrogen) atoms. The van der Waals surface area contributed by atoms with Crippen LogP contribution in [0.2, 0.25) is 19.6 Å². The summed E-state index contributed by atoms with van der Waals surface area (Å²) in [6.07, 6.45) is 0. The van der Waals surface area contributed by atoms with Crippen LogP contribution >= 0.6 is 7.82 Å². The van der Waals surface area contributed by atoms with Gasteiger partial charge in [0.15, 0.2) is 8.32 Å². The van der Waals surface area contributed by atoms with Crippen molar-refractivity contribution in [3.05, 3.63) is 0 Å². The summed E-state index contributed by atoms with van der Waals surface area (Å²) >= 11 is 0. The molecule has 0 bridgehead atoms. The van der Waals surface area contributed by atoms with Crippen LogP contribution in [0.4, 0.5) is 0 Å². The first kappa shape index (κ1) is 27.7. The third-order valence-electron chi connectivity index (χ3n) is 1.16. The first-order valence-electron chi connectivity index (χ1n) is 5.37. The van der Waals surface area contributed by atoms with E-state index in [0.717, 1.165) is 0 Å². The van der Waals surface area contributed by atoms with Gasteiger partial charge in [0, 0.05) is 0 Å². The molecule has 0 saturated heterocycles. The van der Waals surface area contributed by atoms with Crippen molar-refractivity contribution >= 4 is 47.3 Å². The van der Waals surface area contributed by atoms with E-state index in [-0.39, 0.29) is 20.3 Å². The summed E-state index contributed by atoms with van der Waals surface area (Å²) in [5.74, 6) is -7.85. The van der Waals surface area contributed by atoms with E-state index in [1.165, 1.54) is 0 Å². The molecule has 0 aliphatic rings. The molecule has 0 aromatic carbocycles. The van der Waals surface area contributed by atoms with Gasteiger partial charge in [0.1, 0.15) is 0 Å². The average molecular weight is 384 g/mol. The number of hydrogen-bond donors (Lipinski definition) is 5. The number of rotatable bonds is 4. The Labute approximate surface area is 150 Å². The van der Waals surface area contributed by atoms with Gasteiger partial charge in [-0.3, -0.25) is 0 Å². The molecule has 0 aromatic heterocycles. The Morgan fingerprint density at radius 2 is 1.25 bits per heavy atom. The topological polar surface area (TPSA) is 214 Å². The van der Waals surface area contributed by atoms with Crippen molar-refractivity contribution in [2.75, 3.05) is 0 Å². The Balaban J connectivity index is -0.000000177. The summed E-state index contributed by atoms with van der Waals surface area (Å²) in [6.45, 7) is 5.14. The van der Waals surface area contributed by atoms with Crippen molar-refractivity contribution in [3.8, 4) is 0 Å². The van der Waals surface area contributed by atoms with Crippen molar-refractivity contribution < 1.29 is 82.6 Å². The van der Waals surface area contributed by atoms with Gasteiger partial charge >= 0.3 is 57.9 Å². The predicted octanol–water partition coefficient (Wildman–Crippen LogP) is -4.73. The number of hydrogen-bond acceptors (Lipinski definition) is 9. The molecular weight excluding hydrogens is 369 g/mol. The van der Waals surface area contributed by atoms with Crippen LogP contribution in [-0.2, 0) is 37.3 Å². The minimum absolute atomic E-state index is 0. The SMILES string of the molecule is C[Si](C)(C)OP(=O)(O)O.O=C(O)C(=O)OB(O)OC(=O)C(=O)O.[H-].[Li+]. The molecule has 0 aliphatic carbocycles. The molecule has 0 rings (SSSR count). The van der Waals surface area contributed by atoms with Crippen LogP contribution in [-0.4, -0.2) is 64.5 Å². The molecule has 134 valence electrons. The molecular formula is C7H15BLiO13PSi. The zero-order valence-corrected chi connectivity index (χ0v) is 14.9. The standard InChI is InChI=1S/C4H3BO9.C3H11O4PSi.Li.H/c6-1(7)3(10)13-5(12)14-4(11)2(8)9;1-9(2,3)7-8(4,5)6;;/h12H,(H,6,7)(H,8,9);1-3H3,(H2,4,5,6);;/q;;+1;-1. The fourth-order valence-corrected chi connectivity index (χ4v) is 3.52. The molecule has 17 heteroatoms. The number of phosphoric acid groups is 1. The van der Waals surface area contributed by atoms with Gasteiger partial charge in [-0.15, -0.1) is 0 Å². The van der Waals surface area contributed by atoms with Gasteiger partial charge in [-0.25, -0.2) is 23.7 Å². The van der Waals surface area contributed by atoms with Crippen LogP contribution in [0.25, 0.3) is 0 Å². The van der Waals surface area contributed by atoms with Crippen LogP contribution in [0.1, 0.15) is 1.43 Å². The van der Waals surface area contributed by atoms with Gasteiger partial charge < -0.3 is 40.0 Å². The van der Waals surface area contributed by atoms with E-state index in [1.54, 1.807) is 19.6 Å². The number of aliphatic carboxylic acids is 2. The number of carboxylic acid groups (broad SMARTS) is 2. The van der Waals surface area contributed by atoms with Crippen LogP contribution in [0.5, 0.6) is 0 Å². The molecule has 0 heterocycles. The van der Waals surface area contributed by atoms with Gasteiger partial charge in [0.25, 0.3) is 0 Å². The molecule has 0 radical (unpaired) electrons. The number of carboxylic acids is 2. The maximum Gasteiger partial charge on any atom is 1.00 e. The van der Waals surface area contributed by atoms with Gasteiger partial charge in [-0.2, -0.15) is 0 Å². The summed E-state index contributed by atoms with van der Waals surface area (Å²) in [5, 5.41) is 24.3. The summed E-state index contributed by atoms with van der Waals surface area (Å²) in [5.41, 5.74) is 0. The van der Waals surface area contributed by atoms with Crippen LogP contribution in [0, 0.1) is 0 Å². The Morgan fingerprint density at radius 3 is 1.38 bits per heavy atom. The zero-order valence-electron chi connectivity index (χ0n) is 14.0. The summed E-state index contributed by atoms with van der Waals surface area (Å²) in [6, 6.07) is 0. The van der Waals surface area contributed by atoms with Crippen molar-refractivity contribution in [1.29, 1.82) is 0 Å². The molecule has 0 aliphatic heterocycles. The van der Waals surface area contributed by atoms with Gasteiger partial charge in [-0.1, -0.05) is 0 Å². The smallest absolute Gasteiger partial charge is 1.00 e. The van der Waals surface area contributed by atoms with Crippen molar-refractivity contribution in [3.63, 3.8) is 0 Å². The van der Waals surface area contributed by atoms with Crippen LogP contribution in [0.15, 0.2) is 0 Å². The van der Waals surface area contributed by atoms with E-state index in [9.17, 15) is 23.7 Å². The summed E-state index contributed by atoms with van der Waals surface area (Å²) in [4.78, 5) is 56.5. The minimum atomic E-state index is -4.23. The average Bonchev–Trinajstić information content (AvgIpc) is 2.23. The van der Waals surface area contributed by atoms with E-state index in [4.69, 9.17) is 25.0 Å². The summed E-state index contributed by atoms with van der Waals surface area (Å²) in [7, 11) is -8.85. The number of carbonyl (C=O) groups excluding carboxylic acids is 2. The fraction of sp³-hybridized carbons (Fsp3) is 0.429. The second-order valence-corrected chi connectivity index (χ2v) is 10.4. The fourth-order valence-electron chi connectivity index (χ4n) is 0.665. The molecule has 5 N–H and O–H groups in total. The van der Waals surface area contributed by atoms with Crippen LogP contribution in [0.3, 0.4) is 0 Å². The molecule has 0 fully saturated rings. The quantitative estimate of drug-likeness (QED) is 0.175. The maximum atomic E-state index is 10.2. The zero-order chi connectivity index (χ0) is 19.0. The normalized spacial score (nSPS) is 10.2. The van der Waals surface area contributed by atoms with Crippen molar-refractivity contribution in [2.45, 2.75) is 19.6 Å². The Morgan fingerprint density at radius 1 is 0.958 bits per heavy atom. The Bertz CT molecular complexity index is 491. The molecule has 0 amide bonds. The van der Waals surface area contributed by atoms with E-state index in [1.807, 2.05) is 0 Å². The van der Waals surface area contributed by atoms with E-state index < -0.39 is 47.3 Å². The monoisotopic (exact) mass is 384 g/mol.